The van der Waals surface area contributed by atoms with E-state index in [-0.39, 0.29) is 5.91 Å². The van der Waals surface area contributed by atoms with Crippen molar-refractivity contribution in [2.24, 2.45) is 0 Å². The van der Waals surface area contributed by atoms with Gasteiger partial charge in [-0.2, -0.15) is 0 Å². The smallest absolute Gasteiger partial charge is 0.256 e. The second-order valence-electron chi connectivity index (χ2n) is 4.57. The van der Waals surface area contributed by atoms with Crippen molar-refractivity contribution < 1.29 is 14.6 Å². The van der Waals surface area contributed by atoms with Crippen LogP contribution in [-0.4, -0.2) is 18.1 Å². The Balaban J connectivity index is 2.32. The van der Waals surface area contributed by atoms with Crippen LogP contribution < -0.4 is 10.1 Å². The van der Waals surface area contributed by atoms with Gasteiger partial charge < -0.3 is 15.2 Å². The van der Waals surface area contributed by atoms with Crippen LogP contribution in [0.5, 0.6) is 5.75 Å². The van der Waals surface area contributed by atoms with Crippen LogP contribution in [0.1, 0.15) is 28.9 Å². The molecular weight excluding hydrogens is 381 g/mol. The molecule has 0 aliphatic heterocycles. The normalized spacial score (nSPS) is 11.8. The highest BCUT2D eigenvalue weighted by Gasteiger charge is 2.13. The molecule has 21 heavy (non-hydrogen) atoms. The standard InChI is InChI=1S/C16H16INO3/c1-10(19)11-7-8-15(21-2)14(9-11)18-16(20)12-5-3-4-6-13(12)17/h3-10,19H,1-2H3,(H,18,20)/t10-/m0/s1. The van der Waals surface area contributed by atoms with E-state index >= 15 is 0 Å². The predicted octanol–water partition coefficient (Wildman–Crippen LogP) is 3.61. The fraction of sp³-hybridized carbons (Fsp3) is 0.188. The number of benzene rings is 2. The molecule has 0 bridgehead atoms. The summed E-state index contributed by atoms with van der Waals surface area (Å²) in [4.78, 5) is 12.4. The van der Waals surface area contributed by atoms with Gasteiger partial charge in [0.15, 0.2) is 0 Å². The van der Waals surface area contributed by atoms with Gasteiger partial charge in [-0.3, -0.25) is 4.79 Å². The molecule has 0 aliphatic carbocycles. The van der Waals surface area contributed by atoms with Gasteiger partial charge in [0.2, 0.25) is 0 Å². The highest BCUT2D eigenvalue weighted by molar-refractivity contribution is 14.1. The Morgan fingerprint density at radius 2 is 2.00 bits per heavy atom. The third-order valence-electron chi connectivity index (χ3n) is 3.07. The van der Waals surface area contributed by atoms with E-state index in [1.807, 2.05) is 18.2 Å². The number of rotatable bonds is 4. The van der Waals surface area contributed by atoms with Gasteiger partial charge in [0, 0.05) is 3.57 Å². The highest BCUT2D eigenvalue weighted by Crippen LogP contribution is 2.28. The van der Waals surface area contributed by atoms with Crippen LogP contribution in [0, 0.1) is 3.57 Å². The number of carbonyl (C=O) groups is 1. The Hall–Kier alpha value is -1.60. The Kier molecular flexibility index (Phi) is 5.19. The first-order chi connectivity index (χ1) is 10.0. The van der Waals surface area contributed by atoms with Gasteiger partial charge in [0.1, 0.15) is 5.75 Å². The Labute approximate surface area is 137 Å². The summed E-state index contributed by atoms with van der Waals surface area (Å²) in [6, 6.07) is 12.6. The zero-order valence-electron chi connectivity index (χ0n) is 11.8. The van der Waals surface area contributed by atoms with Gasteiger partial charge in [-0.15, -0.1) is 0 Å². The van der Waals surface area contributed by atoms with Crippen molar-refractivity contribution in [2.45, 2.75) is 13.0 Å². The molecule has 5 heteroatoms. The molecule has 0 saturated carbocycles. The highest BCUT2D eigenvalue weighted by atomic mass is 127. The number of ether oxygens (including phenoxy) is 1. The van der Waals surface area contributed by atoms with E-state index in [0.717, 1.165) is 3.57 Å². The lowest BCUT2D eigenvalue weighted by molar-refractivity contribution is 0.102. The number of nitrogens with one attached hydrogen (secondary N) is 1. The van der Waals surface area contributed by atoms with Crippen LogP contribution in [-0.2, 0) is 0 Å². The SMILES string of the molecule is COc1ccc([C@H](C)O)cc1NC(=O)c1ccccc1I. The second kappa shape index (κ2) is 6.91. The molecule has 0 spiro atoms. The van der Waals surface area contributed by atoms with Crippen molar-refractivity contribution in [3.8, 4) is 5.75 Å². The lowest BCUT2D eigenvalue weighted by Crippen LogP contribution is -2.14. The molecule has 1 atom stereocenters. The van der Waals surface area contributed by atoms with Crippen LogP contribution in [0.3, 0.4) is 0 Å². The van der Waals surface area contributed by atoms with Gasteiger partial charge in [0.25, 0.3) is 5.91 Å². The molecule has 2 N–H and O–H groups in total. The van der Waals surface area contributed by atoms with Gasteiger partial charge in [-0.1, -0.05) is 18.2 Å². The quantitative estimate of drug-likeness (QED) is 0.776. The van der Waals surface area contributed by atoms with Crippen LogP contribution in [0.15, 0.2) is 42.5 Å². The molecule has 0 heterocycles. The number of amides is 1. The average molecular weight is 397 g/mol. The molecule has 1 amide bonds. The summed E-state index contributed by atoms with van der Waals surface area (Å²) >= 11 is 2.12. The number of halogens is 1. The third-order valence-corrected chi connectivity index (χ3v) is 4.01. The molecule has 0 radical (unpaired) electrons. The number of aliphatic hydroxyl groups excluding tert-OH is 1. The topological polar surface area (TPSA) is 58.6 Å². The van der Waals surface area contributed by atoms with E-state index in [0.29, 0.717) is 22.6 Å². The number of methoxy groups -OCH3 is 1. The summed E-state index contributed by atoms with van der Waals surface area (Å²) in [5.41, 5.74) is 1.86. The number of hydrogen-bond acceptors (Lipinski definition) is 3. The Bertz CT molecular complexity index is 656. The van der Waals surface area contributed by atoms with Crippen molar-refractivity contribution in [3.63, 3.8) is 0 Å². The maximum Gasteiger partial charge on any atom is 0.256 e. The molecule has 4 nitrogen and oxygen atoms in total. The molecule has 0 aromatic heterocycles. The molecule has 0 saturated heterocycles. The average Bonchev–Trinajstić information content (AvgIpc) is 2.47. The molecule has 0 aliphatic rings. The van der Waals surface area contributed by atoms with Gasteiger partial charge in [-0.05, 0) is 59.3 Å². The van der Waals surface area contributed by atoms with E-state index < -0.39 is 6.10 Å². The Morgan fingerprint density at radius 1 is 1.29 bits per heavy atom. The van der Waals surface area contributed by atoms with Gasteiger partial charge in [0.05, 0.1) is 24.5 Å². The minimum absolute atomic E-state index is 0.207. The summed E-state index contributed by atoms with van der Waals surface area (Å²) < 4.78 is 6.12. The second-order valence-corrected chi connectivity index (χ2v) is 5.73. The van der Waals surface area contributed by atoms with Crippen LogP contribution in [0.4, 0.5) is 5.69 Å². The van der Waals surface area contributed by atoms with E-state index in [9.17, 15) is 9.90 Å². The van der Waals surface area contributed by atoms with Crippen molar-refractivity contribution in [2.75, 3.05) is 12.4 Å². The fourth-order valence-electron chi connectivity index (χ4n) is 1.92. The van der Waals surface area contributed by atoms with Crippen LogP contribution >= 0.6 is 22.6 Å². The number of hydrogen-bond donors (Lipinski definition) is 2. The Morgan fingerprint density at radius 3 is 2.62 bits per heavy atom. The van der Waals surface area contributed by atoms with Crippen molar-refractivity contribution in [1.29, 1.82) is 0 Å². The molecule has 2 aromatic carbocycles. The van der Waals surface area contributed by atoms with E-state index in [1.54, 1.807) is 38.3 Å². The lowest BCUT2D eigenvalue weighted by atomic mass is 10.1. The maximum atomic E-state index is 12.4. The first-order valence-electron chi connectivity index (χ1n) is 6.45. The lowest BCUT2D eigenvalue weighted by Gasteiger charge is -2.14. The van der Waals surface area contributed by atoms with Crippen LogP contribution in [0.2, 0.25) is 0 Å². The predicted molar refractivity (Wildman–Crippen MR) is 90.7 cm³/mol. The first kappa shape index (κ1) is 15.8. The zero-order valence-corrected chi connectivity index (χ0v) is 13.9. The van der Waals surface area contributed by atoms with Crippen LogP contribution in [0.25, 0.3) is 0 Å². The van der Waals surface area contributed by atoms with E-state index in [2.05, 4.69) is 27.9 Å². The summed E-state index contributed by atoms with van der Waals surface area (Å²) in [5.74, 6) is 0.347. The maximum absolute atomic E-state index is 12.4. The summed E-state index contributed by atoms with van der Waals surface area (Å²) in [6.45, 7) is 1.67. The third kappa shape index (κ3) is 3.74. The molecule has 110 valence electrons. The van der Waals surface area contributed by atoms with Crippen molar-refractivity contribution in [3.05, 3.63) is 57.2 Å². The molecule has 2 aromatic rings. The van der Waals surface area contributed by atoms with E-state index in [4.69, 9.17) is 4.74 Å². The summed E-state index contributed by atoms with van der Waals surface area (Å²) in [6.07, 6.45) is -0.608. The largest absolute Gasteiger partial charge is 0.495 e. The number of anilines is 1. The minimum atomic E-state index is -0.608. The summed E-state index contributed by atoms with van der Waals surface area (Å²) in [7, 11) is 1.54. The number of carbonyl (C=O) groups excluding carboxylic acids is 1. The molecule has 2 rings (SSSR count). The zero-order chi connectivity index (χ0) is 15.4. The molecular formula is C16H16INO3. The number of aliphatic hydroxyl groups is 1. The first-order valence-corrected chi connectivity index (χ1v) is 7.52. The summed E-state index contributed by atoms with van der Waals surface area (Å²) in [5, 5.41) is 12.5. The minimum Gasteiger partial charge on any atom is -0.495 e. The van der Waals surface area contributed by atoms with Gasteiger partial charge >= 0.3 is 0 Å². The van der Waals surface area contributed by atoms with Crippen molar-refractivity contribution in [1.82, 2.24) is 0 Å². The molecule has 0 fully saturated rings. The fourth-order valence-corrected chi connectivity index (χ4v) is 2.55. The monoisotopic (exact) mass is 397 g/mol. The molecule has 0 unspecified atom stereocenters. The van der Waals surface area contributed by atoms with Crippen molar-refractivity contribution >= 4 is 34.2 Å². The van der Waals surface area contributed by atoms with E-state index in [1.165, 1.54) is 0 Å². The van der Waals surface area contributed by atoms with Gasteiger partial charge in [-0.25, -0.2) is 0 Å².